The molecular formula is C24H40O21. The number of aliphatic hydroxyl groups is 12. The predicted molar refractivity (Wildman–Crippen MR) is 133 cm³/mol. The molecule has 0 saturated carbocycles. The van der Waals surface area contributed by atoms with Crippen molar-refractivity contribution in [2.75, 3.05) is 13.2 Å². The van der Waals surface area contributed by atoms with Gasteiger partial charge in [-0.2, -0.15) is 0 Å². The summed E-state index contributed by atoms with van der Waals surface area (Å²) in [6, 6.07) is 0. The Balaban J connectivity index is 1.61. The van der Waals surface area contributed by atoms with Gasteiger partial charge in [-0.25, -0.2) is 4.79 Å². The molecule has 21 heteroatoms. The van der Waals surface area contributed by atoms with E-state index in [0.29, 0.717) is 0 Å². The first-order chi connectivity index (χ1) is 21.1. The summed E-state index contributed by atoms with van der Waals surface area (Å²) in [6.07, 6.45) is -37.3. The van der Waals surface area contributed by atoms with Crippen molar-refractivity contribution in [3.05, 3.63) is 0 Å². The van der Waals surface area contributed by atoms with Crippen molar-refractivity contribution < 1.29 is 104 Å². The Morgan fingerprint density at radius 3 is 1.44 bits per heavy atom. The molecule has 0 aromatic carbocycles. The lowest BCUT2D eigenvalue weighted by molar-refractivity contribution is -0.403. The van der Waals surface area contributed by atoms with Crippen molar-refractivity contribution in [3.63, 3.8) is 0 Å². The summed E-state index contributed by atoms with van der Waals surface area (Å²) < 4.78 is 38.0. The largest absolute Gasteiger partial charge is 0.479 e. The molecule has 4 rings (SSSR count). The molecule has 4 saturated heterocycles. The molecule has 1 unspecified atom stereocenters. The van der Waals surface area contributed by atoms with Gasteiger partial charge in [0.25, 0.3) is 0 Å². The van der Waals surface area contributed by atoms with Crippen LogP contribution < -0.4 is 0 Å². The van der Waals surface area contributed by atoms with E-state index in [4.69, 9.17) is 33.2 Å². The minimum atomic E-state index is -2.21. The average molecular weight is 665 g/mol. The number of carboxylic acid groups (broad SMARTS) is 1. The molecule has 4 fully saturated rings. The van der Waals surface area contributed by atoms with Crippen LogP contribution in [0.5, 0.6) is 0 Å². The zero-order chi connectivity index (χ0) is 33.5. The normalized spacial score (nSPS) is 52.8. The number of carbonyl (C=O) groups is 1. The predicted octanol–water partition coefficient (Wildman–Crippen LogP) is -8.63. The fourth-order valence-corrected chi connectivity index (χ4v) is 5.41. The van der Waals surface area contributed by atoms with Crippen LogP contribution in [0.25, 0.3) is 0 Å². The van der Waals surface area contributed by atoms with Crippen LogP contribution in [0.2, 0.25) is 0 Å². The minimum absolute atomic E-state index is 0.894. The van der Waals surface area contributed by atoms with Crippen molar-refractivity contribution in [2.45, 2.75) is 130 Å². The van der Waals surface area contributed by atoms with E-state index in [-0.39, 0.29) is 0 Å². The number of ether oxygens (including phenoxy) is 7. The van der Waals surface area contributed by atoms with Crippen LogP contribution in [0.3, 0.4) is 0 Å². The molecule has 262 valence electrons. The van der Waals surface area contributed by atoms with E-state index in [9.17, 15) is 71.2 Å². The monoisotopic (exact) mass is 664 g/mol. The lowest BCUT2D eigenvalue weighted by Gasteiger charge is -2.49. The van der Waals surface area contributed by atoms with E-state index in [1.807, 2.05) is 0 Å². The van der Waals surface area contributed by atoms with Gasteiger partial charge in [0.05, 0.1) is 19.3 Å². The maximum Gasteiger partial charge on any atom is 0.335 e. The number of hydrogen-bond donors (Lipinski definition) is 13. The van der Waals surface area contributed by atoms with Gasteiger partial charge in [0, 0.05) is 0 Å². The summed E-state index contributed by atoms with van der Waals surface area (Å²) in [5.41, 5.74) is 0. The molecule has 45 heavy (non-hydrogen) atoms. The smallest absolute Gasteiger partial charge is 0.335 e. The van der Waals surface area contributed by atoms with Gasteiger partial charge >= 0.3 is 5.97 Å². The highest BCUT2D eigenvalue weighted by Crippen LogP contribution is 2.34. The Morgan fingerprint density at radius 2 is 0.978 bits per heavy atom. The second kappa shape index (κ2) is 14.9. The molecule has 0 radical (unpaired) electrons. The number of carboxylic acids is 1. The third-order valence-electron chi connectivity index (χ3n) is 8.14. The topological polar surface area (TPSA) is 345 Å². The standard InChI is InChI=1S/C24H40O21/c1-4-7(27)10(30)15(35)22(39-4)44-18-11(31)8(28)6(3-26)41-24(18)45-19-12(32)9(29)5(2-25)40-23(19)43-17-14(34)13(33)16(20(36)37)42-21(17)38/h4-19,21-35,38H,2-3H2,1H3,(H,36,37)/t4-,5+,6+,7-,8+,9-,10+,11-,12-,13-,14-,15+,16-,17+,18+,19+,21?,22-,23-,24-/m0/s1. The van der Waals surface area contributed by atoms with Crippen molar-refractivity contribution in [1.82, 2.24) is 0 Å². The molecule has 21 nitrogen and oxygen atoms in total. The van der Waals surface area contributed by atoms with E-state index in [2.05, 4.69) is 0 Å². The van der Waals surface area contributed by atoms with Gasteiger partial charge in [-0.3, -0.25) is 0 Å². The number of aliphatic hydroxyl groups excluding tert-OH is 12. The zero-order valence-electron chi connectivity index (χ0n) is 23.5. The average Bonchev–Trinajstić information content (AvgIpc) is 3.00. The van der Waals surface area contributed by atoms with Crippen LogP contribution in [0, 0.1) is 0 Å². The summed E-state index contributed by atoms with van der Waals surface area (Å²) in [4.78, 5) is 11.3. The molecule has 0 aromatic heterocycles. The van der Waals surface area contributed by atoms with Gasteiger partial charge < -0.3 is 99.5 Å². The van der Waals surface area contributed by atoms with Gasteiger partial charge in [-0.05, 0) is 6.92 Å². The first kappa shape index (κ1) is 36.5. The molecule has 0 spiro atoms. The Labute approximate surface area is 253 Å². The molecule has 0 aliphatic carbocycles. The summed E-state index contributed by atoms with van der Waals surface area (Å²) in [5.74, 6) is -1.73. The van der Waals surface area contributed by atoms with Crippen LogP contribution in [-0.4, -0.2) is 208 Å². The molecular weight excluding hydrogens is 624 g/mol. The van der Waals surface area contributed by atoms with Gasteiger partial charge in [0.1, 0.15) is 85.5 Å². The fraction of sp³-hybridized carbons (Fsp3) is 0.958. The van der Waals surface area contributed by atoms with Crippen LogP contribution >= 0.6 is 0 Å². The highest BCUT2D eigenvalue weighted by Gasteiger charge is 2.56. The molecule has 20 atom stereocenters. The molecule has 4 heterocycles. The molecule has 0 aromatic rings. The van der Waals surface area contributed by atoms with Crippen molar-refractivity contribution in [3.8, 4) is 0 Å². The number of hydrogen-bond acceptors (Lipinski definition) is 20. The Kier molecular flexibility index (Phi) is 12.1. The van der Waals surface area contributed by atoms with Gasteiger partial charge in [0.2, 0.25) is 0 Å². The Bertz CT molecular complexity index is 975. The summed E-state index contributed by atoms with van der Waals surface area (Å²) in [6.45, 7) is -0.472. The third kappa shape index (κ3) is 7.26. The lowest BCUT2D eigenvalue weighted by atomic mass is 9.96. The van der Waals surface area contributed by atoms with Crippen LogP contribution in [-0.2, 0) is 38.0 Å². The quantitative estimate of drug-likeness (QED) is 0.109. The molecule has 0 amide bonds. The summed E-state index contributed by atoms with van der Waals surface area (Å²) in [7, 11) is 0. The summed E-state index contributed by atoms with van der Waals surface area (Å²) in [5, 5.41) is 133. The molecule has 0 bridgehead atoms. The lowest BCUT2D eigenvalue weighted by Crippen LogP contribution is -2.68. The van der Waals surface area contributed by atoms with Crippen molar-refractivity contribution >= 4 is 5.97 Å². The van der Waals surface area contributed by atoms with E-state index in [0.717, 1.165) is 0 Å². The van der Waals surface area contributed by atoms with Crippen molar-refractivity contribution in [1.29, 1.82) is 0 Å². The Hall–Kier alpha value is -1.29. The number of aliphatic carboxylic acids is 1. The van der Waals surface area contributed by atoms with Crippen LogP contribution in [0.4, 0.5) is 0 Å². The molecule has 4 aliphatic rings. The maximum atomic E-state index is 11.3. The first-order valence-electron chi connectivity index (χ1n) is 14.0. The van der Waals surface area contributed by atoms with Crippen LogP contribution in [0.15, 0.2) is 0 Å². The summed E-state index contributed by atoms with van der Waals surface area (Å²) >= 11 is 0. The van der Waals surface area contributed by atoms with Gasteiger partial charge in [0.15, 0.2) is 31.3 Å². The maximum absolute atomic E-state index is 11.3. The van der Waals surface area contributed by atoms with Gasteiger partial charge in [-0.15, -0.1) is 0 Å². The second-order valence-corrected chi connectivity index (χ2v) is 11.2. The fourth-order valence-electron chi connectivity index (χ4n) is 5.41. The van der Waals surface area contributed by atoms with Crippen molar-refractivity contribution in [2.24, 2.45) is 0 Å². The second-order valence-electron chi connectivity index (χ2n) is 11.2. The third-order valence-corrected chi connectivity index (χ3v) is 8.14. The zero-order valence-corrected chi connectivity index (χ0v) is 23.5. The highest BCUT2D eigenvalue weighted by molar-refractivity contribution is 5.73. The van der Waals surface area contributed by atoms with E-state index in [1.165, 1.54) is 6.92 Å². The SMILES string of the molecule is C[C@@H]1O[C@@H](O[C@H]2[C@H](O[C@H]3[C@H](O[C@H]4C(O)O[C@H](C(=O)O)[C@@H](O)[C@@H]4O)O[C@H](CO)[C@H](O)[C@@H]3O)O[C@H](CO)[C@@H](O)[C@@H]2O)[C@H](O)[C@H](O)[C@H]1O. The first-order valence-corrected chi connectivity index (χ1v) is 14.0. The van der Waals surface area contributed by atoms with Crippen LogP contribution in [0.1, 0.15) is 6.92 Å². The highest BCUT2D eigenvalue weighted by atomic mass is 16.8. The minimum Gasteiger partial charge on any atom is -0.479 e. The number of rotatable bonds is 9. The van der Waals surface area contributed by atoms with E-state index in [1.54, 1.807) is 0 Å². The Morgan fingerprint density at radius 1 is 0.533 bits per heavy atom. The molecule has 4 aliphatic heterocycles. The van der Waals surface area contributed by atoms with E-state index >= 15 is 0 Å². The van der Waals surface area contributed by atoms with Gasteiger partial charge in [-0.1, -0.05) is 0 Å². The molecule has 13 N–H and O–H groups in total. The van der Waals surface area contributed by atoms with E-state index < -0.39 is 142 Å².